The van der Waals surface area contributed by atoms with E-state index >= 15 is 0 Å². The molecule has 0 aromatic heterocycles. The van der Waals surface area contributed by atoms with Gasteiger partial charge in [-0.25, -0.2) is 0 Å². The first-order chi connectivity index (χ1) is 9.68. The Morgan fingerprint density at radius 3 is 1.95 bits per heavy atom. The van der Waals surface area contributed by atoms with Crippen molar-refractivity contribution in [2.75, 3.05) is 52.5 Å². The summed E-state index contributed by atoms with van der Waals surface area (Å²) in [6.45, 7) is 6.07. The van der Waals surface area contributed by atoms with Crippen molar-refractivity contribution in [2.45, 2.75) is 31.7 Å². The molecule has 0 bridgehead atoms. The Morgan fingerprint density at radius 2 is 1.35 bits per heavy atom. The van der Waals surface area contributed by atoms with Crippen LogP contribution < -0.4 is 0 Å². The van der Waals surface area contributed by atoms with Crippen molar-refractivity contribution >= 4 is 10.2 Å². The van der Waals surface area contributed by atoms with Gasteiger partial charge < -0.3 is 4.74 Å². The van der Waals surface area contributed by atoms with Gasteiger partial charge in [-0.3, -0.25) is 4.90 Å². The molecule has 0 radical (unpaired) electrons. The summed E-state index contributed by atoms with van der Waals surface area (Å²) < 4.78 is 33.7. The maximum Gasteiger partial charge on any atom is 0.282 e. The van der Waals surface area contributed by atoms with E-state index in [0.717, 1.165) is 52.0 Å². The summed E-state index contributed by atoms with van der Waals surface area (Å²) >= 11 is 0. The molecule has 3 aliphatic heterocycles. The van der Waals surface area contributed by atoms with E-state index in [1.165, 1.54) is 0 Å². The van der Waals surface area contributed by atoms with E-state index in [1.807, 2.05) is 0 Å². The first-order valence-electron chi connectivity index (χ1n) is 7.75. The molecule has 20 heavy (non-hydrogen) atoms. The van der Waals surface area contributed by atoms with Gasteiger partial charge in [-0.1, -0.05) is 0 Å². The maximum absolute atomic E-state index is 12.5. The molecule has 0 atom stereocenters. The summed E-state index contributed by atoms with van der Waals surface area (Å²) in [5.74, 6) is 0. The van der Waals surface area contributed by atoms with Gasteiger partial charge in [-0.05, 0) is 25.7 Å². The number of hydrogen-bond donors (Lipinski definition) is 0. The van der Waals surface area contributed by atoms with Crippen LogP contribution in [0.1, 0.15) is 25.7 Å². The highest BCUT2D eigenvalue weighted by Crippen LogP contribution is 2.21. The molecular weight excluding hydrogens is 278 g/mol. The topological polar surface area (TPSA) is 53.1 Å². The van der Waals surface area contributed by atoms with Crippen LogP contribution in [0.3, 0.4) is 0 Å². The zero-order chi connectivity index (χ0) is 14.0. The number of ether oxygens (including phenoxy) is 1. The smallest absolute Gasteiger partial charge is 0.282 e. The van der Waals surface area contributed by atoms with Crippen LogP contribution >= 0.6 is 0 Å². The predicted molar refractivity (Wildman–Crippen MR) is 76.7 cm³/mol. The fourth-order valence-corrected chi connectivity index (χ4v) is 5.10. The Bertz CT molecular complexity index is 409. The molecule has 0 unspecified atom stereocenters. The summed E-state index contributed by atoms with van der Waals surface area (Å²) in [5.41, 5.74) is 0. The maximum atomic E-state index is 12.5. The van der Waals surface area contributed by atoms with Gasteiger partial charge in [0.1, 0.15) is 0 Å². The molecule has 3 fully saturated rings. The van der Waals surface area contributed by atoms with Gasteiger partial charge in [-0.2, -0.15) is 17.0 Å². The second kappa shape index (κ2) is 6.27. The largest absolute Gasteiger partial charge is 0.381 e. The van der Waals surface area contributed by atoms with E-state index in [1.54, 1.807) is 8.61 Å². The molecule has 3 aliphatic rings. The van der Waals surface area contributed by atoms with Crippen molar-refractivity contribution in [1.29, 1.82) is 0 Å². The molecule has 0 N–H and O–H groups in total. The molecule has 0 aromatic rings. The Kier molecular flexibility index (Phi) is 4.62. The van der Waals surface area contributed by atoms with E-state index in [-0.39, 0.29) is 0 Å². The average molecular weight is 303 g/mol. The standard InChI is InChI=1S/C13H25N3O3S/c17-20(18,15-5-1-2-6-15)16-9-7-14(8-10-16)13-3-11-19-12-4-13/h13H,1-12H2. The van der Waals surface area contributed by atoms with Crippen molar-refractivity contribution < 1.29 is 13.2 Å². The third-order valence-corrected chi connectivity index (χ3v) is 6.73. The third-order valence-electron chi connectivity index (χ3n) is 4.70. The summed E-state index contributed by atoms with van der Waals surface area (Å²) in [4.78, 5) is 2.44. The van der Waals surface area contributed by atoms with Gasteiger partial charge in [0.05, 0.1) is 0 Å². The van der Waals surface area contributed by atoms with Crippen LogP contribution in [0.5, 0.6) is 0 Å². The van der Waals surface area contributed by atoms with E-state index in [9.17, 15) is 8.42 Å². The zero-order valence-electron chi connectivity index (χ0n) is 12.0. The van der Waals surface area contributed by atoms with Crippen molar-refractivity contribution in [2.24, 2.45) is 0 Å². The second-order valence-electron chi connectivity index (χ2n) is 5.89. The molecule has 3 rings (SSSR count). The van der Waals surface area contributed by atoms with Crippen LogP contribution in [0.2, 0.25) is 0 Å². The molecule has 6 nitrogen and oxygen atoms in total. The number of piperazine rings is 1. The van der Waals surface area contributed by atoms with Crippen LogP contribution in [0.25, 0.3) is 0 Å². The van der Waals surface area contributed by atoms with E-state index in [4.69, 9.17) is 4.74 Å². The molecule has 0 spiro atoms. The molecule has 3 heterocycles. The van der Waals surface area contributed by atoms with Gasteiger partial charge in [0.25, 0.3) is 10.2 Å². The molecule has 0 saturated carbocycles. The highest BCUT2D eigenvalue weighted by Gasteiger charge is 2.35. The van der Waals surface area contributed by atoms with E-state index in [0.29, 0.717) is 32.2 Å². The average Bonchev–Trinajstić information content (AvgIpc) is 3.03. The molecule has 0 aromatic carbocycles. The van der Waals surface area contributed by atoms with Gasteiger partial charge in [0.15, 0.2) is 0 Å². The third kappa shape index (κ3) is 3.01. The fourth-order valence-electron chi connectivity index (χ4n) is 3.43. The van der Waals surface area contributed by atoms with E-state index in [2.05, 4.69) is 4.90 Å². The summed E-state index contributed by atoms with van der Waals surface area (Å²) in [7, 11) is -3.20. The minimum absolute atomic E-state index is 0.584. The van der Waals surface area contributed by atoms with Crippen molar-refractivity contribution in [3.05, 3.63) is 0 Å². The van der Waals surface area contributed by atoms with Crippen LogP contribution in [0.15, 0.2) is 0 Å². The SMILES string of the molecule is O=S(=O)(N1CCCC1)N1CCN(C2CCOCC2)CC1. The Labute approximate surface area is 121 Å². The van der Waals surface area contributed by atoms with Gasteiger partial charge in [-0.15, -0.1) is 0 Å². The minimum atomic E-state index is -3.20. The molecule has 0 amide bonds. The minimum Gasteiger partial charge on any atom is -0.381 e. The Hall–Kier alpha value is -0.210. The molecule has 0 aliphatic carbocycles. The number of nitrogens with zero attached hydrogens (tertiary/aromatic N) is 3. The lowest BCUT2D eigenvalue weighted by Gasteiger charge is -2.40. The highest BCUT2D eigenvalue weighted by atomic mass is 32.2. The summed E-state index contributed by atoms with van der Waals surface area (Å²) in [5, 5.41) is 0. The van der Waals surface area contributed by atoms with Crippen LogP contribution in [0, 0.1) is 0 Å². The predicted octanol–water partition coefficient (Wildman–Crippen LogP) is 0.124. The van der Waals surface area contributed by atoms with Gasteiger partial charge >= 0.3 is 0 Å². The Morgan fingerprint density at radius 1 is 0.800 bits per heavy atom. The molecule has 3 saturated heterocycles. The lowest BCUT2D eigenvalue weighted by molar-refractivity contribution is 0.0225. The summed E-state index contributed by atoms with van der Waals surface area (Å²) in [6, 6.07) is 0.584. The van der Waals surface area contributed by atoms with Crippen LogP contribution in [-0.2, 0) is 14.9 Å². The molecule has 116 valence electrons. The van der Waals surface area contributed by atoms with Crippen molar-refractivity contribution in [3.63, 3.8) is 0 Å². The Balaban J connectivity index is 1.55. The first-order valence-corrected chi connectivity index (χ1v) is 9.14. The lowest BCUT2D eigenvalue weighted by Crippen LogP contribution is -2.55. The first kappa shape index (κ1) is 14.7. The van der Waals surface area contributed by atoms with Crippen LogP contribution in [-0.4, -0.2) is 80.5 Å². The van der Waals surface area contributed by atoms with Crippen molar-refractivity contribution in [1.82, 2.24) is 13.5 Å². The fraction of sp³-hybridized carbons (Fsp3) is 1.00. The normalized spacial score (nSPS) is 29.0. The second-order valence-corrected chi connectivity index (χ2v) is 7.82. The zero-order valence-corrected chi connectivity index (χ0v) is 12.9. The molecular formula is C13H25N3O3S. The molecule has 7 heteroatoms. The van der Waals surface area contributed by atoms with Gasteiger partial charge in [0.2, 0.25) is 0 Å². The van der Waals surface area contributed by atoms with Crippen molar-refractivity contribution in [3.8, 4) is 0 Å². The summed E-state index contributed by atoms with van der Waals surface area (Å²) in [6.07, 6.45) is 4.17. The number of rotatable bonds is 3. The number of hydrogen-bond acceptors (Lipinski definition) is 4. The highest BCUT2D eigenvalue weighted by molar-refractivity contribution is 7.86. The quantitative estimate of drug-likeness (QED) is 0.743. The van der Waals surface area contributed by atoms with E-state index < -0.39 is 10.2 Å². The lowest BCUT2D eigenvalue weighted by atomic mass is 10.1. The monoisotopic (exact) mass is 303 g/mol. The van der Waals surface area contributed by atoms with Crippen LogP contribution in [0.4, 0.5) is 0 Å². The van der Waals surface area contributed by atoms with Gasteiger partial charge in [0, 0.05) is 58.5 Å².